The normalized spacial score (nSPS) is 9.73. The zero-order chi connectivity index (χ0) is 11.4. The van der Waals surface area contributed by atoms with Crippen molar-refractivity contribution < 1.29 is 9.53 Å². The van der Waals surface area contributed by atoms with E-state index in [1.807, 2.05) is 0 Å². The molecule has 0 spiro atoms. The third-order valence-corrected chi connectivity index (χ3v) is 1.94. The molecule has 80 valence electrons. The van der Waals surface area contributed by atoms with Gasteiger partial charge in [0.15, 0.2) is 0 Å². The number of hydrogen-bond donors (Lipinski definition) is 1. The molecule has 1 amide bonds. The van der Waals surface area contributed by atoms with Gasteiger partial charge in [0.05, 0.1) is 5.56 Å². The maximum Gasteiger partial charge on any atom is 0.252 e. The summed E-state index contributed by atoms with van der Waals surface area (Å²) in [5, 5.41) is 0.778. The van der Waals surface area contributed by atoms with Crippen molar-refractivity contribution >= 4 is 29.1 Å². The molecular weight excluding hydrogens is 237 g/mol. The molecule has 0 aliphatic carbocycles. The zero-order valence-electron chi connectivity index (χ0n) is 7.80. The van der Waals surface area contributed by atoms with Gasteiger partial charge in [-0.3, -0.25) is 4.79 Å². The number of benzene rings is 1. The van der Waals surface area contributed by atoms with Gasteiger partial charge in [-0.15, -0.1) is 0 Å². The van der Waals surface area contributed by atoms with Crippen LogP contribution in [0.4, 0.5) is 0 Å². The smallest absolute Gasteiger partial charge is 0.252 e. The molecule has 0 bridgehead atoms. The topological polar surface area (TPSA) is 52.3 Å². The van der Waals surface area contributed by atoms with Crippen molar-refractivity contribution in [3.8, 4) is 5.75 Å². The molecule has 1 rings (SSSR count). The van der Waals surface area contributed by atoms with Crippen molar-refractivity contribution in [1.29, 1.82) is 0 Å². The number of rotatable bonds is 4. The van der Waals surface area contributed by atoms with Gasteiger partial charge >= 0.3 is 0 Å². The Hall–Kier alpha value is -1.19. The molecule has 0 saturated heterocycles. The maximum absolute atomic E-state index is 11.0. The summed E-state index contributed by atoms with van der Waals surface area (Å²) >= 11 is 11.3. The second-order valence-corrected chi connectivity index (χ2v) is 3.78. The van der Waals surface area contributed by atoms with Gasteiger partial charge in [-0.25, -0.2) is 0 Å². The first-order valence-electron chi connectivity index (χ1n) is 4.06. The van der Waals surface area contributed by atoms with Crippen molar-refractivity contribution in [3.05, 3.63) is 40.4 Å². The van der Waals surface area contributed by atoms with Crippen molar-refractivity contribution in [2.24, 2.45) is 5.73 Å². The van der Waals surface area contributed by atoms with Crippen LogP contribution in [0, 0.1) is 0 Å². The molecule has 0 atom stereocenters. The maximum atomic E-state index is 11.0. The zero-order valence-corrected chi connectivity index (χ0v) is 9.31. The van der Waals surface area contributed by atoms with Crippen LogP contribution >= 0.6 is 23.2 Å². The van der Waals surface area contributed by atoms with Crippen LogP contribution in [0.5, 0.6) is 5.75 Å². The second-order valence-electron chi connectivity index (χ2n) is 2.81. The fourth-order valence-corrected chi connectivity index (χ4v) is 1.19. The highest BCUT2D eigenvalue weighted by molar-refractivity contribution is 6.31. The van der Waals surface area contributed by atoms with E-state index in [9.17, 15) is 4.79 Å². The van der Waals surface area contributed by atoms with Crippen molar-refractivity contribution in [3.63, 3.8) is 0 Å². The number of carbonyl (C=O) groups excluding carboxylic acids is 1. The molecule has 0 heterocycles. The van der Waals surface area contributed by atoms with Crippen LogP contribution in [0.1, 0.15) is 10.4 Å². The van der Waals surface area contributed by atoms with Crippen LogP contribution in [0.2, 0.25) is 5.02 Å². The number of hydrogen-bond acceptors (Lipinski definition) is 2. The van der Waals surface area contributed by atoms with Gasteiger partial charge in [0, 0.05) is 10.1 Å². The molecule has 0 radical (unpaired) electrons. The SMILES string of the molecule is C=C(Cl)COc1cc(Cl)ccc1C(N)=O. The van der Waals surface area contributed by atoms with Crippen molar-refractivity contribution in [1.82, 2.24) is 0 Å². The first-order valence-corrected chi connectivity index (χ1v) is 4.81. The Balaban J connectivity index is 2.96. The summed E-state index contributed by atoms with van der Waals surface area (Å²) in [4.78, 5) is 11.0. The largest absolute Gasteiger partial charge is 0.487 e. The fraction of sp³-hybridized carbons (Fsp3) is 0.100. The first-order chi connectivity index (χ1) is 7.00. The highest BCUT2D eigenvalue weighted by Crippen LogP contribution is 2.23. The number of halogens is 2. The Kier molecular flexibility index (Phi) is 4.00. The first kappa shape index (κ1) is 11.9. The summed E-state index contributed by atoms with van der Waals surface area (Å²) in [5.41, 5.74) is 5.41. The molecule has 3 nitrogen and oxygen atoms in total. The van der Waals surface area contributed by atoms with E-state index in [1.165, 1.54) is 12.1 Å². The number of nitrogens with two attached hydrogens (primary N) is 1. The average Bonchev–Trinajstić information content (AvgIpc) is 2.14. The minimum atomic E-state index is -0.582. The predicted molar refractivity (Wildman–Crippen MR) is 60.5 cm³/mol. The molecule has 0 aromatic heterocycles. The fourth-order valence-electron chi connectivity index (χ4n) is 0.975. The lowest BCUT2D eigenvalue weighted by molar-refractivity contribution is 0.0997. The third kappa shape index (κ3) is 3.46. The number of primary amides is 1. The van der Waals surface area contributed by atoms with E-state index in [0.29, 0.717) is 15.8 Å². The summed E-state index contributed by atoms with van der Waals surface area (Å²) in [5.74, 6) is -0.279. The summed E-state index contributed by atoms with van der Waals surface area (Å²) in [7, 11) is 0. The highest BCUT2D eigenvalue weighted by atomic mass is 35.5. The van der Waals surface area contributed by atoms with Crippen LogP contribution < -0.4 is 10.5 Å². The Morgan fingerprint density at radius 2 is 2.20 bits per heavy atom. The average molecular weight is 246 g/mol. The van der Waals surface area contributed by atoms with Crippen LogP contribution in [-0.4, -0.2) is 12.5 Å². The van der Waals surface area contributed by atoms with E-state index in [2.05, 4.69) is 6.58 Å². The van der Waals surface area contributed by atoms with Crippen molar-refractivity contribution in [2.45, 2.75) is 0 Å². The van der Waals surface area contributed by atoms with E-state index >= 15 is 0 Å². The summed E-state index contributed by atoms with van der Waals surface area (Å²) in [6, 6.07) is 4.56. The van der Waals surface area contributed by atoms with Gasteiger partial charge in [-0.2, -0.15) is 0 Å². The standard InChI is InChI=1S/C10H9Cl2NO2/c1-6(11)5-15-9-4-7(12)2-3-8(9)10(13)14/h2-4H,1,5H2,(H2,13,14). The Morgan fingerprint density at radius 1 is 1.53 bits per heavy atom. The quantitative estimate of drug-likeness (QED) is 0.887. The lowest BCUT2D eigenvalue weighted by Crippen LogP contribution is -2.13. The molecule has 2 N–H and O–H groups in total. The number of amides is 1. The Labute approximate surface area is 97.4 Å². The summed E-state index contributed by atoms with van der Waals surface area (Å²) in [6.45, 7) is 3.56. The van der Waals surface area contributed by atoms with Gasteiger partial charge in [-0.1, -0.05) is 29.8 Å². The van der Waals surface area contributed by atoms with Gasteiger partial charge in [0.2, 0.25) is 0 Å². The number of ether oxygens (including phenoxy) is 1. The van der Waals surface area contributed by atoms with Crippen LogP contribution in [0.25, 0.3) is 0 Å². The molecule has 0 fully saturated rings. The third-order valence-electron chi connectivity index (χ3n) is 1.59. The molecule has 15 heavy (non-hydrogen) atoms. The molecule has 0 unspecified atom stereocenters. The predicted octanol–water partition coefficient (Wildman–Crippen LogP) is 2.57. The van der Waals surface area contributed by atoms with Crippen LogP contribution in [-0.2, 0) is 0 Å². The van der Waals surface area contributed by atoms with Crippen LogP contribution in [0.15, 0.2) is 29.8 Å². The molecule has 0 saturated carbocycles. The minimum absolute atomic E-state index is 0.0994. The van der Waals surface area contributed by atoms with E-state index in [1.54, 1.807) is 6.07 Å². The minimum Gasteiger partial charge on any atom is -0.487 e. The molecule has 0 aliphatic heterocycles. The second kappa shape index (κ2) is 5.05. The van der Waals surface area contributed by atoms with E-state index in [4.69, 9.17) is 33.7 Å². The Bertz CT molecular complexity index is 404. The van der Waals surface area contributed by atoms with Gasteiger partial charge < -0.3 is 10.5 Å². The van der Waals surface area contributed by atoms with E-state index in [0.717, 1.165) is 0 Å². The Morgan fingerprint density at radius 3 is 2.73 bits per heavy atom. The van der Waals surface area contributed by atoms with Gasteiger partial charge in [0.1, 0.15) is 12.4 Å². The van der Waals surface area contributed by atoms with Crippen molar-refractivity contribution in [2.75, 3.05) is 6.61 Å². The summed E-state index contributed by atoms with van der Waals surface area (Å²) in [6.07, 6.45) is 0. The molecular formula is C10H9Cl2NO2. The number of carbonyl (C=O) groups is 1. The molecule has 1 aromatic carbocycles. The van der Waals surface area contributed by atoms with Gasteiger partial charge in [-0.05, 0) is 18.2 Å². The van der Waals surface area contributed by atoms with Gasteiger partial charge in [0.25, 0.3) is 5.91 Å². The lowest BCUT2D eigenvalue weighted by atomic mass is 10.2. The summed E-state index contributed by atoms with van der Waals surface area (Å²) < 4.78 is 5.22. The monoisotopic (exact) mass is 245 g/mol. The van der Waals surface area contributed by atoms with E-state index in [-0.39, 0.29) is 12.2 Å². The lowest BCUT2D eigenvalue weighted by Gasteiger charge is -2.08. The van der Waals surface area contributed by atoms with Crippen LogP contribution in [0.3, 0.4) is 0 Å². The van der Waals surface area contributed by atoms with E-state index < -0.39 is 5.91 Å². The highest BCUT2D eigenvalue weighted by Gasteiger charge is 2.09. The molecule has 5 heteroatoms. The molecule has 0 aliphatic rings. The molecule has 1 aromatic rings.